The van der Waals surface area contributed by atoms with Crippen LogP contribution in [0.3, 0.4) is 0 Å². The average Bonchev–Trinajstić information content (AvgIpc) is 1.71. The largest absolute Gasteiger partial charge is 0.405 e. The van der Waals surface area contributed by atoms with Crippen molar-refractivity contribution in [2.24, 2.45) is 5.73 Å². The van der Waals surface area contributed by atoms with Crippen LogP contribution in [0, 0.1) is 0 Å². The molecule has 0 heterocycles. The zero-order chi connectivity index (χ0) is 6.83. The highest BCUT2D eigenvalue weighted by Crippen LogP contribution is 1.47. The van der Waals surface area contributed by atoms with E-state index in [2.05, 4.69) is 31.5 Å². The molecule has 0 atom stereocenters. The molecular weight excluding hydrogens is 100 g/mol. The number of nitrogens with two attached hydrogens (primary N) is 1. The van der Waals surface area contributed by atoms with Crippen LogP contribution >= 0.6 is 0 Å². The van der Waals surface area contributed by atoms with Crippen LogP contribution in [0.2, 0.25) is 0 Å². The van der Waals surface area contributed by atoms with Crippen LogP contribution in [-0.2, 0) is 0 Å². The van der Waals surface area contributed by atoms with Gasteiger partial charge in [-0.3, -0.25) is 0 Å². The summed E-state index contributed by atoms with van der Waals surface area (Å²) < 4.78 is 0. The zero-order valence-electron chi connectivity index (χ0n) is 5.78. The van der Waals surface area contributed by atoms with Crippen molar-refractivity contribution in [1.29, 1.82) is 0 Å². The molecule has 0 aromatic heterocycles. The third-order valence-corrected chi connectivity index (χ3v) is 0.500. The first kappa shape index (κ1) is 10.5. The van der Waals surface area contributed by atoms with Gasteiger partial charge in [0.05, 0.1) is 0 Å². The van der Waals surface area contributed by atoms with Gasteiger partial charge >= 0.3 is 0 Å². The van der Waals surface area contributed by atoms with Crippen LogP contribution < -0.4 is 11.1 Å². The number of hydrogen-bond donors (Lipinski definition) is 2. The van der Waals surface area contributed by atoms with Crippen molar-refractivity contribution in [2.45, 2.75) is 13.8 Å². The van der Waals surface area contributed by atoms with Gasteiger partial charge in [-0.2, -0.15) is 0 Å². The van der Waals surface area contributed by atoms with E-state index in [0.29, 0.717) is 0 Å². The normalized spacial score (nSPS) is 6.75. The Kier molecular flexibility index (Phi) is 21.0. The second kappa shape index (κ2) is 16.1. The fourth-order valence-corrected chi connectivity index (χ4v) is 0.250. The van der Waals surface area contributed by atoms with Crippen LogP contribution in [0.5, 0.6) is 0 Å². The molecule has 0 aliphatic rings. The van der Waals surface area contributed by atoms with Gasteiger partial charge in [0.1, 0.15) is 0 Å². The predicted octanol–water partition coefficient (Wildman–Crippen LogP) is 0.704. The standard InChI is InChI=1S/C4H11N.C2H5N/c1-3-5-4-2;1-2-3/h5H,3-4H2,1-2H3;2H,1,3H2. The molecule has 0 radical (unpaired) electrons. The van der Waals surface area contributed by atoms with Gasteiger partial charge in [-0.25, -0.2) is 0 Å². The van der Waals surface area contributed by atoms with Crippen molar-refractivity contribution >= 4 is 0 Å². The maximum absolute atomic E-state index is 4.61. The minimum Gasteiger partial charge on any atom is -0.405 e. The highest BCUT2D eigenvalue weighted by molar-refractivity contribution is 4.48. The Morgan fingerprint density at radius 2 is 1.75 bits per heavy atom. The van der Waals surface area contributed by atoms with Crippen molar-refractivity contribution in [3.63, 3.8) is 0 Å². The smallest absolute Gasteiger partial charge is 0.00775 e. The monoisotopic (exact) mass is 116 g/mol. The lowest BCUT2D eigenvalue weighted by atomic mass is 10.7. The lowest BCUT2D eigenvalue weighted by molar-refractivity contribution is 0.762. The predicted molar refractivity (Wildman–Crippen MR) is 38.6 cm³/mol. The van der Waals surface area contributed by atoms with Crippen molar-refractivity contribution in [3.05, 3.63) is 12.8 Å². The molecule has 0 aromatic rings. The van der Waals surface area contributed by atoms with Gasteiger partial charge in [-0.05, 0) is 19.3 Å². The van der Waals surface area contributed by atoms with Gasteiger partial charge < -0.3 is 11.1 Å². The molecule has 50 valence electrons. The molecule has 0 spiro atoms. The zero-order valence-corrected chi connectivity index (χ0v) is 5.78. The maximum atomic E-state index is 4.61. The Balaban J connectivity index is 0. The number of nitrogens with one attached hydrogen (secondary N) is 1. The molecular formula is C6H16N2. The molecule has 0 bridgehead atoms. The summed E-state index contributed by atoms with van der Waals surface area (Å²) in [5, 5.41) is 3.11. The summed E-state index contributed by atoms with van der Waals surface area (Å²) >= 11 is 0. The second-order valence-electron chi connectivity index (χ2n) is 1.19. The molecule has 2 heteroatoms. The molecule has 8 heavy (non-hydrogen) atoms. The molecule has 2 nitrogen and oxygen atoms in total. The molecule has 0 aliphatic heterocycles. The molecule has 0 aromatic carbocycles. The molecule has 0 unspecified atom stereocenters. The second-order valence-corrected chi connectivity index (χ2v) is 1.19. The van der Waals surface area contributed by atoms with Gasteiger partial charge in [0, 0.05) is 0 Å². The summed E-state index contributed by atoms with van der Waals surface area (Å²) in [5.74, 6) is 0. The van der Waals surface area contributed by atoms with Gasteiger partial charge in [-0.15, -0.1) is 0 Å². The molecule has 0 amide bonds. The van der Waals surface area contributed by atoms with E-state index in [-0.39, 0.29) is 0 Å². The lowest BCUT2D eigenvalue weighted by Crippen LogP contribution is -2.09. The van der Waals surface area contributed by atoms with Crippen LogP contribution in [0.1, 0.15) is 13.8 Å². The Morgan fingerprint density at radius 1 is 1.50 bits per heavy atom. The van der Waals surface area contributed by atoms with Crippen LogP contribution in [-0.4, -0.2) is 13.1 Å². The van der Waals surface area contributed by atoms with E-state index >= 15 is 0 Å². The summed E-state index contributed by atoms with van der Waals surface area (Å²) in [6.45, 7) is 9.53. The molecule has 0 rings (SSSR count). The van der Waals surface area contributed by atoms with Gasteiger partial charge in [-0.1, -0.05) is 20.4 Å². The Morgan fingerprint density at radius 3 is 1.75 bits per heavy atom. The van der Waals surface area contributed by atoms with E-state index in [1.165, 1.54) is 6.20 Å². The highest BCUT2D eigenvalue weighted by Gasteiger charge is 1.62. The molecule has 0 aliphatic carbocycles. The summed E-state index contributed by atoms with van der Waals surface area (Å²) in [6, 6.07) is 0. The van der Waals surface area contributed by atoms with Gasteiger partial charge in [0.2, 0.25) is 0 Å². The first-order valence-corrected chi connectivity index (χ1v) is 2.86. The highest BCUT2D eigenvalue weighted by atomic mass is 14.8. The Hall–Kier alpha value is -0.500. The van der Waals surface area contributed by atoms with E-state index < -0.39 is 0 Å². The topological polar surface area (TPSA) is 38.0 Å². The van der Waals surface area contributed by atoms with Crippen molar-refractivity contribution in [2.75, 3.05) is 13.1 Å². The summed E-state index contributed by atoms with van der Waals surface area (Å²) in [4.78, 5) is 0. The molecule has 0 saturated carbocycles. The van der Waals surface area contributed by atoms with Crippen molar-refractivity contribution in [3.8, 4) is 0 Å². The molecule has 0 saturated heterocycles. The SMILES string of the molecule is C=CN.CCNCC. The third kappa shape index (κ3) is 49.5. The minimum atomic E-state index is 1.09. The Bertz CT molecular complexity index is 33.5. The fourth-order valence-electron chi connectivity index (χ4n) is 0.250. The quantitative estimate of drug-likeness (QED) is 0.557. The van der Waals surface area contributed by atoms with E-state index in [4.69, 9.17) is 0 Å². The first-order valence-electron chi connectivity index (χ1n) is 2.86. The summed E-state index contributed by atoms with van der Waals surface area (Å²) in [7, 11) is 0. The Labute approximate surface area is 51.8 Å². The maximum Gasteiger partial charge on any atom is -0.00775 e. The van der Waals surface area contributed by atoms with Crippen LogP contribution in [0.15, 0.2) is 12.8 Å². The summed E-state index contributed by atoms with van der Waals surface area (Å²) in [6.07, 6.45) is 1.25. The number of rotatable bonds is 2. The summed E-state index contributed by atoms with van der Waals surface area (Å²) in [5.41, 5.74) is 4.61. The number of hydrogen-bond acceptors (Lipinski definition) is 2. The van der Waals surface area contributed by atoms with Crippen LogP contribution in [0.4, 0.5) is 0 Å². The van der Waals surface area contributed by atoms with Gasteiger partial charge in [0.15, 0.2) is 0 Å². The van der Waals surface area contributed by atoms with Gasteiger partial charge in [0.25, 0.3) is 0 Å². The third-order valence-electron chi connectivity index (χ3n) is 0.500. The van der Waals surface area contributed by atoms with E-state index in [1.54, 1.807) is 0 Å². The van der Waals surface area contributed by atoms with E-state index in [0.717, 1.165) is 13.1 Å². The average molecular weight is 116 g/mol. The molecule has 3 N–H and O–H groups in total. The van der Waals surface area contributed by atoms with Crippen molar-refractivity contribution < 1.29 is 0 Å². The lowest BCUT2D eigenvalue weighted by Gasteiger charge is -1.86. The minimum absolute atomic E-state index is 1.09. The van der Waals surface area contributed by atoms with Crippen molar-refractivity contribution in [1.82, 2.24) is 5.32 Å². The van der Waals surface area contributed by atoms with E-state index in [9.17, 15) is 0 Å². The fraction of sp³-hybridized carbons (Fsp3) is 0.667. The first-order chi connectivity index (χ1) is 3.83. The molecule has 0 fully saturated rings. The van der Waals surface area contributed by atoms with E-state index in [1.807, 2.05) is 0 Å². The van der Waals surface area contributed by atoms with Crippen LogP contribution in [0.25, 0.3) is 0 Å².